The number of anilines is 1. The molecule has 1 amide bonds. The lowest BCUT2D eigenvalue weighted by Crippen LogP contribution is -2.37. The van der Waals surface area contributed by atoms with Gasteiger partial charge in [0.25, 0.3) is 0 Å². The van der Waals surface area contributed by atoms with Crippen LogP contribution in [0.1, 0.15) is 36.8 Å². The van der Waals surface area contributed by atoms with E-state index in [4.69, 9.17) is 0 Å². The van der Waals surface area contributed by atoms with Crippen molar-refractivity contribution in [2.45, 2.75) is 38.5 Å². The van der Waals surface area contributed by atoms with Gasteiger partial charge in [0.2, 0.25) is 5.91 Å². The quantitative estimate of drug-likeness (QED) is 0.855. The van der Waals surface area contributed by atoms with Gasteiger partial charge < -0.3 is 10.6 Å². The van der Waals surface area contributed by atoms with Crippen molar-refractivity contribution in [1.29, 1.82) is 0 Å². The summed E-state index contributed by atoms with van der Waals surface area (Å²) in [5, 5.41) is 6.46. The average molecular weight is 258 g/mol. The molecule has 2 aliphatic rings. The van der Waals surface area contributed by atoms with Crippen LogP contribution in [0.25, 0.3) is 0 Å². The third-order valence-corrected chi connectivity index (χ3v) is 4.32. The molecule has 1 aliphatic heterocycles. The molecule has 2 N–H and O–H groups in total. The molecule has 0 aromatic heterocycles. The van der Waals surface area contributed by atoms with Gasteiger partial charge in [-0.05, 0) is 62.3 Å². The minimum atomic E-state index is 0.133. The van der Waals surface area contributed by atoms with E-state index >= 15 is 0 Å². The number of fused-ring (bicyclic) bond motifs is 1. The maximum atomic E-state index is 12.3. The lowest BCUT2D eigenvalue weighted by atomic mass is 9.90. The van der Waals surface area contributed by atoms with Crippen molar-refractivity contribution >= 4 is 11.6 Å². The molecule has 0 saturated carbocycles. The molecule has 1 atom stereocenters. The van der Waals surface area contributed by atoms with Gasteiger partial charge in [0.15, 0.2) is 0 Å². The lowest BCUT2D eigenvalue weighted by Gasteiger charge is -2.24. The minimum absolute atomic E-state index is 0.133. The van der Waals surface area contributed by atoms with Gasteiger partial charge >= 0.3 is 0 Å². The van der Waals surface area contributed by atoms with Crippen LogP contribution in [0.4, 0.5) is 5.69 Å². The normalized spacial score (nSPS) is 22.6. The van der Waals surface area contributed by atoms with E-state index in [0.717, 1.165) is 44.5 Å². The number of amides is 1. The second-order valence-corrected chi connectivity index (χ2v) is 5.68. The number of aryl methyl sites for hydroxylation is 1. The SMILES string of the molecule is O=C(Nc1cccc2c1CCCC2)[C@@H]1CCCNC1. The second kappa shape index (κ2) is 5.74. The van der Waals surface area contributed by atoms with Crippen LogP contribution in [-0.2, 0) is 17.6 Å². The van der Waals surface area contributed by atoms with Crippen LogP contribution >= 0.6 is 0 Å². The third kappa shape index (κ3) is 2.81. The van der Waals surface area contributed by atoms with Crippen molar-refractivity contribution in [1.82, 2.24) is 5.32 Å². The van der Waals surface area contributed by atoms with E-state index in [1.54, 1.807) is 0 Å². The Hall–Kier alpha value is -1.35. The number of nitrogens with one attached hydrogen (secondary N) is 2. The molecule has 1 fully saturated rings. The van der Waals surface area contributed by atoms with Crippen LogP contribution in [0.15, 0.2) is 18.2 Å². The predicted octanol–water partition coefficient (Wildman–Crippen LogP) is 2.50. The molecular formula is C16H22N2O. The van der Waals surface area contributed by atoms with Crippen molar-refractivity contribution < 1.29 is 4.79 Å². The molecule has 1 aliphatic carbocycles. The van der Waals surface area contributed by atoms with Crippen LogP contribution < -0.4 is 10.6 Å². The van der Waals surface area contributed by atoms with Gasteiger partial charge in [-0.3, -0.25) is 4.79 Å². The molecule has 1 heterocycles. The Morgan fingerprint density at radius 3 is 2.95 bits per heavy atom. The Kier molecular flexibility index (Phi) is 3.83. The summed E-state index contributed by atoms with van der Waals surface area (Å²) in [6.45, 7) is 1.87. The number of benzene rings is 1. The summed E-state index contributed by atoms with van der Waals surface area (Å²) in [5.41, 5.74) is 3.84. The first-order chi connectivity index (χ1) is 9.34. The van der Waals surface area contributed by atoms with Crippen molar-refractivity contribution in [2.75, 3.05) is 18.4 Å². The summed E-state index contributed by atoms with van der Waals surface area (Å²) < 4.78 is 0. The van der Waals surface area contributed by atoms with Gasteiger partial charge in [0.1, 0.15) is 0 Å². The Labute approximate surface area is 114 Å². The van der Waals surface area contributed by atoms with E-state index in [-0.39, 0.29) is 11.8 Å². The number of rotatable bonds is 2. The summed E-state index contributed by atoms with van der Waals surface area (Å²) in [6, 6.07) is 6.32. The molecule has 0 radical (unpaired) electrons. The molecule has 3 nitrogen and oxygen atoms in total. The van der Waals surface area contributed by atoms with Gasteiger partial charge in [-0.1, -0.05) is 12.1 Å². The number of hydrogen-bond donors (Lipinski definition) is 2. The standard InChI is InChI=1S/C16H22N2O/c19-16(13-7-4-10-17-11-13)18-15-9-3-6-12-5-1-2-8-14(12)15/h3,6,9,13,17H,1-2,4-5,7-8,10-11H2,(H,18,19)/t13-/m1/s1. The van der Waals surface area contributed by atoms with E-state index in [0.29, 0.717) is 0 Å². The number of hydrogen-bond acceptors (Lipinski definition) is 2. The maximum absolute atomic E-state index is 12.3. The lowest BCUT2D eigenvalue weighted by molar-refractivity contribution is -0.120. The Morgan fingerprint density at radius 2 is 2.11 bits per heavy atom. The monoisotopic (exact) mass is 258 g/mol. The molecule has 1 aromatic rings. The fourth-order valence-electron chi connectivity index (χ4n) is 3.21. The van der Waals surface area contributed by atoms with Gasteiger partial charge in [0, 0.05) is 12.2 Å². The highest BCUT2D eigenvalue weighted by Gasteiger charge is 2.22. The van der Waals surface area contributed by atoms with Gasteiger partial charge in [0.05, 0.1) is 5.92 Å². The maximum Gasteiger partial charge on any atom is 0.228 e. The largest absolute Gasteiger partial charge is 0.326 e. The molecule has 0 unspecified atom stereocenters. The number of carbonyl (C=O) groups excluding carboxylic acids is 1. The fraction of sp³-hybridized carbons (Fsp3) is 0.562. The van der Waals surface area contributed by atoms with Gasteiger partial charge in [-0.25, -0.2) is 0 Å². The van der Waals surface area contributed by atoms with E-state index in [9.17, 15) is 4.79 Å². The van der Waals surface area contributed by atoms with Crippen LogP contribution in [0.3, 0.4) is 0 Å². The Bertz CT molecular complexity index is 464. The summed E-state index contributed by atoms with van der Waals surface area (Å²) in [6.07, 6.45) is 6.89. The third-order valence-electron chi connectivity index (χ3n) is 4.32. The van der Waals surface area contributed by atoms with E-state index < -0.39 is 0 Å². The zero-order chi connectivity index (χ0) is 13.1. The molecule has 19 heavy (non-hydrogen) atoms. The summed E-state index contributed by atoms with van der Waals surface area (Å²) in [7, 11) is 0. The molecule has 0 spiro atoms. The minimum Gasteiger partial charge on any atom is -0.326 e. The van der Waals surface area contributed by atoms with E-state index in [2.05, 4.69) is 28.8 Å². The summed E-state index contributed by atoms with van der Waals surface area (Å²) in [5.74, 6) is 0.319. The first-order valence-corrected chi connectivity index (χ1v) is 7.47. The van der Waals surface area contributed by atoms with Crippen LogP contribution in [0.5, 0.6) is 0 Å². The molecular weight excluding hydrogens is 236 g/mol. The fourth-order valence-corrected chi connectivity index (χ4v) is 3.21. The molecule has 1 saturated heterocycles. The van der Waals surface area contributed by atoms with Gasteiger partial charge in [-0.15, -0.1) is 0 Å². The highest BCUT2D eigenvalue weighted by Crippen LogP contribution is 2.28. The number of carbonyl (C=O) groups is 1. The highest BCUT2D eigenvalue weighted by atomic mass is 16.1. The van der Waals surface area contributed by atoms with Crippen molar-refractivity contribution in [3.8, 4) is 0 Å². The molecule has 0 bridgehead atoms. The van der Waals surface area contributed by atoms with Gasteiger partial charge in [-0.2, -0.15) is 0 Å². The van der Waals surface area contributed by atoms with Crippen molar-refractivity contribution in [3.05, 3.63) is 29.3 Å². The Balaban J connectivity index is 1.74. The Morgan fingerprint density at radius 1 is 1.21 bits per heavy atom. The van der Waals surface area contributed by atoms with Crippen molar-refractivity contribution in [2.24, 2.45) is 5.92 Å². The highest BCUT2D eigenvalue weighted by molar-refractivity contribution is 5.93. The van der Waals surface area contributed by atoms with E-state index in [1.807, 2.05) is 0 Å². The molecule has 1 aromatic carbocycles. The molecule has 3 heteroatoms. The zero-order valence-corrected chi connectivity index (χ0v) is 11.4. The van der Waals surface area contributed by atoms with Crippen molar-refractivity contribution in [3.63, 3.8) is 0 Å². The summed E-state index contributed by atoms with van der Waals surface area (Å²) >= 11 is 0. The first-order valence-electron chi connectivity index (χ1n) is 7.47. The van der Waals surface area contributed by atoms with Crippen LogP contribution in [-0.4, -0.2) is 19.0 Å². The number of piperidine rings is 1. The second-order valence-electron chi connectivity index (χ2n) is 5.68. The zero-order valence-electron chi connectivity index (χ0n) is 11.4. The predicted molar refractivity (Wildman–Crippen MR) is 77.3 cm³/mol. The molecule has 3 rings (SSSR count). The van der Waals surface area contributed by atoms with E-state index in [1.165, 1.54) is 24.0 Å². The first kappa shape index (κ1) is 12.7. The smallest absolute Gasteiger partial charge is 0.228 e. The average Bonchev–Trinajstić information content (AvgIpc) is 2.48. The van der Waals surface area contributed by atoms with Crippen LogP contribution in [0.2, 0.25) is 0 Å². The molecule has 102 valence electrons. The topological polar surface area (TPSA) is 41.1 Å². The summed E-state index contributed by atoms with van der Waals surface area (Å²) in [4.78, 5) is 12.3. The van der Waals surface area contributed by atoms with Crippen LogP contribution in [0, 0.1) is 5.92 Å².